The van der Waals surface area contributed by atoms with Gasteiger partial charge < -0.3 is 0 Å². The number of hydrogen-bond acceptors (Lipinski definition) is 1. The minimum atomic E-state index is 0.577. The van der Waals surface area contributed by atoms with Gasteiger partial charge in [-0.3, -0.25) is 5.10 Å². The summed E-state index contributed by atoms with van der Waals surface area (Å²) in [5.74, 6) is 0.577. The van der Waals surface area contributed by atoms with E-state index < -0.39 is 0 Å². The van der Waals surface area contributed by atoms with Gasteiger partial charge in [0, 0.05) is 12.6 Å². The topological polar surface area (TPSA) is 28.7 Å². The lowest BCUT2D eigenvalue weighted by Gasteiger charge is -1.96. The predicted octanol–water partition coefficient (Wildman–Crippen LogP) is 1.62. The summed E-state index contributed by atoms with van der Waals surface area (Å²) in [7, 11) is 0. The van der Waals surface area contributed by atoms with Crippen molar-refractivity contribution in [1.82, 2.24) is 10.2 Å². The van der Waals surface area contributed by atoms with Crippen LogP contribution in [-0.2, 0) is 0 Å². The highest BCUT2D eigenvalue weighted by molar-refractivity contribution is 5.09. The van der Waals surface area contributed by atoms with Gasteiger partial charge in [0.15, 0.2) is 0 Å². The third kappa shape index (κ3) is 1.88. The van der Waals surface area contributed by atoms with E-state index in [0.29, 0.717) is 5.92 Å². The SMILES string of the molecule is CC(C)[CH]c1cc[nH]n1. The summed E-state index contributed by atoms with van der Waals surface area (Å²) < 4.78 is 0. The van der Waals surface area contributed by atoms with Gasteiger partial charge in [0.1, 0.15) is 0 Å². The van der Waals surface area contributed by atoms with Gasteiger partial charge in [0.05, 0.1) is 5.69 Å². The number of nitrogens with zero attached hydrogens (tertiary/aromatic N) is 1. The molecule has 9 heavy (non-hydrogen) atoms. The molecule has 0 spiro atoms. The van der Waals surface area contributed by atoms with Crippen LogP contribution in [0.1, 0.15) is 19.5 Å². The molecule has 1 aromatic heterocycles. The highest BCUT2D eigenvalue weighted by Gasteiger charge is 1.97. The van der Waals surface area contributed by atoms with Gasteiger partial charge in [-0.1, -0.05) is 13.8 Å². The maximum atomic E-state index is 3.98. The molecule has 0 atom stereocenters. The first-order valence-electron chi connectivity index (χ1n) is 3.13. The molecule has 1 heterocycles. The molecule has 0 saturated heterocycles. The van der Waals surface area contributed by atoms with E-state index in [4.69, 9.17) is 0 Å². The summed E-state index contributed by atoms with van der Waals surface area (Å²) in [5.41, 5.74) is 1.03. The monoisotopic (exact) mass is 123 g/mol. The second kappa shape index (κ2) is 2.67. The summed E-state index contributed by atoms with van der Waals surface area (Å²) in [4.78, 5) is 0. The first-order chi connectivity index (χ1) is 4.29. The minimum Gasteiger partial charge on any atom is -0.285 e. The largest absolute Gasteiger partial charge is 0.285 e. The molecule has 0 unspecified atom stereocenters. The van der Waals surface area contributed by atoms with Crippen molar-refractivity contribution in [2.24, 2.45) is 5.92 Å². The molecule has 0 bridgehead atoms. The van der Waals surface area contributed by atoms with Crippen molar-refractivity contribution in [2.75, 3.05) is 0 Å². The number of H-pyrrole nitrogens is 1. The number of aromatic nitrogens is 2. The van der Waals surface area contributed by atoms with Crippen molar-refractivity contribution in [3.8, 4) is 0 Å². The first kappa shape index (κ1) is 6.33. The Bertz CT molecular complexity index is 153. The Balaban J connectivity index is 2.48. The van der Waals surface area contributed by atoms with Crippen LogP contribution >= 0.6 is 0 Å². The highest BCUT2D eigenvalue weighted by Crippen LogP contribution is 2.05. The number of hydrogen-bond donors (Lipinski definition) is 1. The molecule has 49 valence electrons. The summed E-state index contributed by atoms with van der Waals surface area (Å²) in [6, 6.07) is 1.96. The molecule has 1 N–H and O–H groups in total. The average molecular weight is 123 g/mol. The summed E-state index contributed by atoms with van der Waals surface area (Å²) >= 11 is 0. The van der Waals surface area contributed by atoms with Gasteiger partial charge in [-0.05, 0) is 12.0 Å². The van der Waals surface area contributed by atoms with Crippen molar-refractivity contribution in [3.63, 3.8) is 0 Å². The molecule has 0 aliphatic heterocycles. The zero-order chi connectivity index (χ0) is 6.69. The quantitative estimate of drug-likeness (QED) is 0.636. The molecule has 2 heteroatoms. The van der Waals surface area contributed by atoms with Crippen LogP contribution in [0.5, 0.6) is 0 Å². The maximum Gasteiger partial charge on any atom is 0.0662 e. The van der Waals surface area contributed by atoms with Crippen molar-refractivity contribution >= 4 is 0 Å². The molecule has 1 radical (unpaired) electrons. The molecule has 0 aromatic carbocycles. The van der Waals surface area contributed by atoms with Gasteiger partial charge in [-0.2, -0.15) is 5.10 Å². The molecule has 0 amide bonds. The standard InChI is InChI=1S/C7H11N2/c1-6(2)5-7-3-4-8-9-7/h3-6H,1-2H3,(H,8,9). The fourth-order valence-electron chi connectivity index (χ4n) is 0.706. The van der Waals surface area contributed by atoms with Crippen LogP contribution in [0.2, 0.25) is 0 Å². The van der Waals surface area contributed by atoms with Gasteiger partial charge in [-0.25, -0.2) is 0 Å². The van der Waals surface area contributed by atoms with Crippen LogP contribution in [-0.4, -0.2) is 10.2 Å². The summed E-state index contributed by atoms with van der Waals surface area (Å²) in [5, 5.41) is 6.73. The molecule has 0 aliphatic rings. The molecule has 0 saturated carbocycles. The number of nitrogens with one attached hydrogen (secondary N) is 1. The number of aromatic amines is 1. The molecular formula is C7H11N2. The van der Waals surface area contributed by atoms with E-state index in [2.05, 4.69) is 30.5 Å². The van der Waals surface area contributed by atoms with Gasteiger partial charge >= 0.3 is 0 Å². The normalized spacial score (nSPS) is 10.6. The van der Waals surface area contributed by atoms with Crippen LogP contribution in [0.4, 0.5) is 0 Å². The van der Waals surface area contributed by atoms with E-state index in [0.717, 1.165) is 5.69 Å². The minimum absolute atomic E-state index is 0.577. The second-order valence-corrected chi connectivity index (χ2v) is 2.41. The Labute approximate surface area is 55.3 Å². The average Bonchev–Trinajstić information content (AvgIpc) is 2.15. The third-order valence-electron chi connectivity index (χ3n) is 1.03. The first-order valence-corrected chi connectivity index (χ1v) is 3.13. The Hall–Kier alpha value is -0.790. The lowest BCUT2D eigenvalue weighted by molar-refractivity contribution is 0.764. The van der Waals surface area contributed by atoms with Crippen LogP contribution < -0.4 is 0 Å². The van der Waals surface area contributed by atoms with E-state index >= 15 is 0 Å². The summed E-state index contributed by atoms with van der Waals surface area (Å²) in [6.07, 6.45) is 3.94. The zero-order valence-electron chi connectivity index (χ0n) is 5.76. The predicted molar refractivity (Wildman–Crippen MR) is 36.8 cm³/mol. The van der Waals surface area contributed by atoms with E-state index in [1.165, 1.54) is 0 Å². The Kier molecular flexibility index (Phi) is 1.88. The van der Waals surface area contributed by atoms with Crippen molar-refractivity contribution in [3.05, 3.63) is 24.4 Å². The molecule has 2 nitrogen and oxygen atoms in total. The zero-order valence-corrected chi connectivity index (χ0v) is 5.76. The van der Waals surface area contributed by atoms with E-state index in [1.807, 2.05) is 12.3 Å². The highest BCUT2D eigenvalue weighted by atomic mass is 15.1. The third-order valence-corrected chi connectivity index (χ3v) is 1.03. The van der Waals surface area contributed by atoms with Crippen LogP contribution in [0.3, 0.4) is 0 Å². The molecular weight excluding hydrogens is 112 g/mol. The molecule has 0 fully saturated rings. The second-order valence-electron chi connectivity index (χ2n) is 2.41. The van der Waals surface area contributed by atoms with Gasteiger partial charge in [0.2, 0.25) is 0 Å². The lowest BCUT2D eigenvalue weighted by Crippen LogP contribution is -1.90. The van der Waals surface area contributed by atoms with Crippen molar-refractivity contribution in [1.29, 1.82) is 0 Å². The van der Waals surface area contributed by atoms with E-state index in [-0.39, 0.29) is 0 Å². The molecule has 0 aliphatic carbocycles. The van der Waals surface area contributed by atoms with Gasteiger partial charge in [0.25, 0.3) is 0 Å². The van der Waals surface area contributed by atoms with Crippen LogP contribution in [0.25, 0.3) is 0 Å². The Morgan fingerprint density at radius 2 is 2.44 bits per heavy atom. The Morgan fingerprint density at radius 3 is 2.89 bits per heavy atom. The Morgan fingerprint density at radius 1 is 1.67 bits per heavy atom. The molecule has 1 aromatic rings. The lowest BCUT2D eigenvalue weighted by atomic mass is 10.1. The maximum absolute atomic E-state index is 3.98. The van der Waals surface area contributed by atoms with Gasteiger partial charge in [-0.15, -0.1) is 0 Å². The fourth-order valence-corrected chi connectivity index (χ4v) is 0.706. The fraction of sp³-hybridized carbons (Fsp3) is 0.429. The van der Waals surface area contributed by atoms with Crippen LogP contribution in [0, 0.1) is 12.3 Å². The van der Waals surface area contributed by atoms with Crippen molar-refractivity contribution in [2.45, 2.75) is 13.8 Å². The van der Waals surface area contributed by atoms with Crippen LogP contribution in [0.15, 0.2) is 12.3 Å². The van der Waals surface area contributed by atoms with Crippen molar-refractivity contribution < 1.29 is 0 Å². The number of rotatable bonds is 2. The smallest absolute Gasteiger partial charge is 0.0662 e. The summed E-state index contributed by atoms with van der Waals surface area (Å²) in [6.45, 7) is 4.27. The van der Waals surface area contributed by atoms with E-state index in [9.17, 15) is 0 Å². The molecule has 1 rings (SSSR count). The van der Waals surface area contributed by atoms with E-state index in [1.54, 1.807) is 0 Å².